The monoisotopic (exact) mass is 875 g/mol. The van der Waals surface area contributed by atoms with E-state index >= 15 is 0 Å². The molecule has 17 nitrogen and oxygen atoms in total. The maximum absolute atomic E-state index is 14.3. The first kappa shape index (κ1) is 41.3. The number of nitrogens with one attached hydrogen (secondary N) is 3. The molecule has 3 aromatic heterocycles. The molecule has 5 aliphatic rings. The number of halogens is 2. The van der Waals surface area contributed by atoms with Crippen molar-refractivity contribution in [2.45, 2.75) is 82.0 Å². The number of morpholine rings is 1. The molecule has 0 radical (unpaired) electrons. The molecule has 64 heavy (non-hydrogen) atoms. The van der Waals surface area contributed by atoms with Gasteiger partial charge in [0.15, 0.2) is 11.3 Å². The van der Waals surface area contributed by atoms with Crippen LogP contribution in [-0.4, -0.2) is 110 Å². The highest BCUT2D eigenvalue weighted by Crippen LogP contribution is 2.37. The number of rotatable bonds is 13. The number of fused-ring (bicyclic) bond motifs is 4. The van der Waals surface area contributed by atoms with E-state index in [2.05, 4.69) is 67.3 Å². The van der Waals surface area contributed by atoms with Crippen LogP contribution < -0.4 is 25.8 Å². The number of aromatic nitrogens is 5. The van der Waals surface area contributed by atoms with Gasteiger partial charge in [-0.05, 0) is 86.8 Å². The van der Waals surface area contributed by atoms with Crippen molar-refractivity contribution >= 4 is 58.1 Å². The number of anilines is 4. The van der Waals surface area contributed by atoms with E-state index in [-0.39, 0.29) is 53.4 Å². The van der Waals surface area contributed by atoms with Gasteiger partial charge in [-0.25, -0.2) is 18.3 Å². The van der Waals surface area contributed by atoms with Gasteiger partial charge in [-0.15, -0.1) is 0 Å². The minimum Gasteiger partial charge on any atom is -0.384 e. The largest absolute Gasteiger partial charge is 0.384 e. The van der Waals surface area contributed by atoms with Gasteiger partial charge in [0, 0.05) is 56.9 Å². The van der Waals surface area contributed by atoms with E-state index in [0.717, 1.165) is 67.2 Å². The van der Waals surface area contributed by atoms with E-state index in [1.807, 2.05) is 6.07 Å². The summed E-state index contributed by atoms with van der Waals surface area (Å²) in [6.45, 7) is 2.67. The molecule has 1 unspecified atom stereocenters. The van der Waals surface area contributed by atoms with Gasteiger partial charge in [0.1, 0.15) is 17.4 Å². The maximum Gasteiger partial charge on any atom is 0.284 e. The number of carbonyl (C=O) groups excluding carboxylic acids is 5. The predicted octanol–water partition coefficient (Wildman–Crippen LogP) is 5.02. The Kier molecular flexibility index (Phi) is 10.8. The molecule has 7 heterocycles. The average Bonchev–Trinajstić information content (AvgIpc) is 4.14. The van der Waals surface area contributed by atoms with Gasteiger partial charge in [-0.1, -0.05) is 18.2 Å². The van der Waals surface area contributed by atoms with E-state index in [9.17, 15) is 32.8 Å². The SMILES string of the molecule is CN(CC1CCC(n2cc(NC(=O)c3cnn4ccc(N5C[C@H]6C[C@@H]5CO6)nc34)c(C(F)F)n2)CC1)c1ccc(CCNc2cccc3c2C(=O)N(C2CCC(=O)NC2=O)C3=O)cc1. The summed E-state index contributed by atoms with van der Waals surface area (Å²) >= 11 is 0. The fourth-order valence-corrected chi connectivity index (χ4v) is 9.90. The van der Waals surface area contributed by atoms with Crippen molar-refractivity contribution in [3.05, 3.63) is 95.1 Å². The van der Waals surface area contributed by atoms with Crippen LogP contribution in [0, 0.1) is 5.92 Å². The maximum atomic E-state index is 14.3. The van der Waals surface area contributed by atoms with Crippen molar-refractivity contribution in [1.29, 1.82) is 0 Å². The van der Waals surface area contributed by atoms with E-state index < -0.39 is 47.7 Å². The third-order valence-corrected chi connectivity index (χ3v) is 13.3. The molecule has 4 fully saturated rings. The van der Waals surface area contributed by atoms with Crippen LogP contribution in [0.1, 0.15) is 99.7 Å². The fraction of sp³-hybridized carbons (Fsp3) is 0.422. The third kappa shape index (κ3) is 7.70. The van der Waals surface area contributed by atoms with E-state index in [4.69, 9.17) is 9.72 Å². The van der Waals surface area contributed by atoms with Gasteiger partial charge in [0.2, 0.25) is 11.8 Å². The lowest BCUT2D eigenvalue weighted by molar-refractivity contribution is -0.136. The first-order chi connectivity index (χ1) is 31.0. The molecular weight excluding hydrogens is 829 g/mol. The quantitative estimate of drug-likeness (QED) is 0.134. The van der Waals surface area contributed by atoms with Crippen LogP contribution in [0.4, 0.5) is 31.7 Å². The lowest BCUT2D eigenvalue weighted by Gasteiger charge is -2.32. The fourth-order valence-electron chi connectivity index (χ4n) is 9.90. The highest BCUT2D eigenvalue weighted by molar-refractivity contribution is 6.25. The van der Waals surface area contributed by atoms with Crippen LogP contribution in [0.25, 0.3) is 5.65 Å². The Balaban J connectivity index is 0.714. The minimum absolute atomic E-state index is 0.0286. The number of amides is 5. The van der Waals surface area contributed by atoms with E-state index in [1.54, 1.807) is 29.1 Å². The van der Waals surface area contributed by atoms with Crippen LogP contribution in [0.15, 0.2) is 67.1 Å². The zero-order valence-corrected chi connectivity index (χ0v) is 35.1. The molecule has 1 aliphatic carbocycles. The van der Waals surface area contributed by atoms with Crippen LogP contribution >= 0.6 is 0 Å². The van der Waals surface area contributed by atoms with Crippen molar-refractivity contribution in [3.63, 3.8) is 0 Å². The molecular formula is C45H47F2N11O6. The summed E-state index contributed by atoms with van der Waals surface area (Å²) in [5, 5.41) is 16.8. The molecule has 1 saturated carbocycles. The normalized spacial score (nSPS) is 23.0. The number of ether oxygens (including phenoxy) is 1. The molecule has 3 N–H and O–H groups in total. The van der Waals surface area contributed by atoms with Crippen LogP contribution in [-0.2, 0) is 20.7 Å². The third-order valence-electron chi connectivity index (χ3n) is 13.3. The van der Waals surface area contributed by atoms with E-state index in [1.165, 1.54) is 16.9 Å². The van der Waals surface area contributed by atoms with Crippen LogP contribution in [0.2, 0.25) is 0 Å². The number of piperidine rings is 1. The second-order valence-electron chi connectivity index (χ2n) is 17.3. The molecule has 19 heteroatoms. The Morgan fingerprint density at radius 3 is 2.53 bits per heavy atom. The van der Waals surface area contributed by atoms with Gasteiger partial charge >= 0.3 is 0 Å². The second-order valence-corrected chi connectivity index (χ2v) is 17.3. The molecule has 3 atom stereocenters. The molecule has 10 rings (SSSR count). The lowest BCUT2D eigenvalue weighted by Crippen LogP contribution is -2.54. The Hall–Kier alpha value is -6.76. The second kappa shape index (κ2) is 16.7. The van der Waals surface area contributed by atoms with Crippen molar-refractivity contribution < 1.29 is 37.5 Å². The smallest absolute Gasteiger partial charge is 0.284 e. The van der Waals surface area contributed by atoms with Gasteiger partial charge in [-0.2, -0.15) is 10.2 Å². The zero-order valence-electron chi connectivity index (χ0n) is 35.1. The topological polar surface area (TPSA) is 188 Å². The van der Waals surface area contributed by atoms with Crippen molar-refractivity contribution in [2.75, 3.05) is 53.7 Å². The summed E-state index contributed by atoms with van der Waals surface area (Å²) in [4.78, 5) is 74.4. The summed E-state index contributed by atoms with van der Waals surface area (Å²) < 4.78 is 37.4. The van der Waals surface area contributed by atoms with Crippen molar-refractivity contribution in [2.24, 2.45) is 5.92 Å². The number of nitrogens with zero attached hydrogens (tertiary/aromatic N) is 8. The first-order valence-electron chi connectivity index (χ1n) is 21.8. The lowest BCUT2D eigenvalue weighted by atomic mass is 9.85. The number of hydrogen-bond acceptors (Lipinski definition) is 12. The standard InChI is InChI=1S/C45H47F2N11O6/c1-54(27-9-5-25(6-10-27)15-17-48-33-4-2-3-31-38(33)45(63)58(44(31)62)35-13-14-37(59)52-43(35)61)21-26-7-11-28(12-8-26)57-23-34(39(53-57)40(46)47)50-42(60)32-20-49-56-18-16-36(51-41(32)56)55-22-30-19-29(55)24-64-30/h2-6,9-10,16,18,20,23,26,28-30,35,40,48H,7-8,11-15,17,19,21-22,24H2,1H3,(H,50,60)(H,52,59,61)/t26?,28?,29-,30-,35?/m1/s1. The summed E-state index contributed by atoms with van der Waals surface area (Å²) in [5.74, 6) is -1.64. The van der Waals surface area contributed by atoms with Gasteiger partial charge in [0.25, 0.3) is 24.1 Å². The van der Waals surface area contributed by atoms with Crippen LogP contribution in [0.5, 0.6) is 0 Å². The predicted molar refractivity (Wildman–Crippen MR) is 230 cm³/mol. The Labute approximate surface area is 366 Å². The average molecular weight is 876 g/mol. The molecule has 3 saturated heterocycles. The minimum atomic E-state index is -2.88. The first-order valence-corrected chi connectivity index (χ1v) is 21.8. The van der Waals surface area contributed by atoms with Gasteiger partial charge in [0.05, 0.1) is 47.8 Å². The summed E-state index contributed by atoms with van der Waals surface area (Å²) in [6.07, 6.45) is 6.96. The van der Waals surface area contributed by atoms with Crippen molar-refractivity contribution in [1.82, 2.24) is 34.6 Å². The summed E-state index contributed by atoms with van der Waals surface area (Å²) in [6, 6.07) is 14.2. The van der Waals surface area contributed by atoms with Crippen LogP contribution in [0.3, 0.4) is 0 Å². The van der Waals surface area contributed by atoms with Crippen molar-refractivity contribution in [3.8, 4) is 0 Å². The Morgan fingerprint density at radius 1 is 0.984 bits per heavy atom. The molecule has 5 amide bonds. The van der Waals surface area contributed by atoms with Gasteiger partial charge < -0.3 is 25.2 Å². The summed E-state index contributed by atoms with van der Waals surface area (Å²) in [7, 11) is 2.05. The molecule has 5 aromatic rings. The Morgan fingerprint density at radius 2 is 1.80 bits per heavy atom. The molecule has 0 spiro atoms. The zero-order chi connectivity index (χ0) is 44.2. The number of carbonyl (C=O) groups is 5. The summed E-state index contributed by atoms with van der Waals surface area (Å²) in [5.41, 5.74) is 3.12. The number of hydrogen-bond donors (Lipinski definition) is 3. The molecule has 4 aliphatic heterocycles. The van der Waals surface area contributed by atoms with Gasteiger partial charge in [-0.3, -0.25) is 38.9 Å². The number of benzene rings is 2. The Bertz CT molecular complexity index is 2660. The molecule has 332 valence electrons. The highest BCUT2D eigenvalue weighted by Gasteiger charge is 2.46. The number of imide groups is 2. The molecule has 2 aromatic carbocycles. The molecule has 2 bridgehead atoms. The highest BCUT2D eigenvalue weighted by atomic mass is 19.3. The number of alkyl halides is 2. The van der Waals surface area contributed by atoms with E-state index in [0.29, 0.717) is 36.8 Å².